The van der Waals surface area contributed by atoms with Crippen molar-refractivity contribution in [1.82, 2.24) is 10.7 Å². The van der Waals surface area contributed by atoms with Crippen molar-refractivity contribution in [3.63, 3.8) is 0 Å². The molecule has 0 fully saturated rings. The van der Waals surface area contributed by atoms with Gasteiger partial charge >= 0.3 is 0 Å². The first-order valence-electron chi connectivity index (χ1n) is 8.73. The predicted molar refractivity (Wildman–Crippen MR) is 113 cm³/mol. The molecule has 9 heteroatoms. The molecule has 0 saturated heterocycles. The second-order valence-electron chi connectivity index (χ2n) is 5.64. The highest BCUT2D eigenvalue weighted by molar-refractivity contribution is 9.10. The number of carbonyl (C=O) groups is 2. The summed E-state index contributed by atoms with van der Waals surface area (Å²) >= 11 is 3.42. The summed E-state index contributed by atoms with van der Waals surface area (Å²) in [4.78, 5) is 24.1. The van der Waals surface area contributed by atoms with Gasteiger partial charge in [0.25, 0.3) is 11.8 Å². The second-order valence-corrected chi connectivity index (χ2v) is 6.50. The second kappa shape index (κ2) is 11.1. The number of benzene rings is 2. The third-order valence-electron chi connectivity index (χ3n) is 3.70. The Labute approximate surface area is 177 Å². The van der Waals surface area contributed by atoms with Crippen molar-refractivity contribution >= 4 is 34.0 Å². The standard InChI is InChI=1S/C20H22BrN3O5/c1-4-29-19-15(21)9-13(10-17(19)28-3)11-23-24-18(25)12-22-20(26)14-7-5-6-8-16(14)27-2/h5-11H,4,12H2,1-3H3,(H,22,26)(H,24,25). The fraction of sp³-hybridized carbons (Fsp3) is 0.250. The first-order valence-corrected chi connectivity index (χ1v) is 9.52. The lowest BCUT2D eigenvalue weighted by Gasteiger charge is -2.12. The van der Waals surface area contributed by atoms with E-state index in [0.29, 0.717) is 39.5 Å². The lowest BCUT2D eigenvalue weighted by molar-refractivity contribution is -0.120. The number of nitrogens with zero attached hydrogens (tertiary/aromatic N) is 1. The van der Waals surface area contributed by atoms with Crippen LogP contribution >= 0.6 is 15.9 Å². The molecule has 0 radical (unpaired) electrons. The minimum Gasteiger partial charge on any atom is -0.496 e. The first kappa shape index (κ1) is 22.2. The van der Waals surface area contributed by atoms with E-state index in [4.69, 9.17) is 14.2 Å². The van der Waals surface area contributed by atoms with Crippen molar-refractivity contribution in [1.29, 1.82) is 0 Å². The zero-order chi connectivity index (χ0) is 21.2. The molecule has 0 aromatic heterocycles. The van der Waals surface area contributed by atoms with E-state index in [1.165, 1.54) is 20.4 Å². The largest absolute Gasteiger partial charge is 0.496 e. The van der Waals surface area contributed by atoms with E-state index in [0.717, 1.165) is 0 Å². The van der Waals surface area contributed by atoms with Crippen LogP contribution < -0.4 is 25.0 Å². The summed E-state index contributed by atoms with van der Waals surface area (Å²) in [7, 11) is 3.01. The number of rotatable bonds is 9. The molecule has 2 aromatic carbocycles. The molecule has 8 nitrogen and oxygen atoms in total. The zero-order valence-corrected chi connectivity index (χ0v) is 17.9. The maximum atomic E-state index is 12.2. The number of nitrogens with one attached hydrogen (secondary N) is 2. The summed E-state index contributed by atoms with van der Waals surface area (Å²) in [6, 6.07) is 10.3. The Morgan fingerprint density at radius 3 is 2.55 bits per heavy atom. The minimum atomic E-state index is -0.471. The molecule has 0 aliphatic carbocycles. The molecule has 0 spiro atoms. The van der Waals surface area contributed by atoms with Crippen molar-refractivity contribution in [2.75, 3.05) is 27.4 Å². The van der Waals surface area contributed by atoms with Crippen LogP contribution in [0.2, 0.25) is 0 Å². The van der Waals surface area contributed by atoms with Crippen LogP contribution in [0.25, 0.3) is 0 Å². The number of hydrogen-bond acceptors (Lipinski definition) is 6. The number of methoxy groups -OCH3 is 2. The number of carbonyl (C=O) groups excluding carboxylic acids is 2. The molecule has 2 N–H and O–H groups in total. The number of hydrazone groups is 1. The molecule has 0 saturated carbocycles. The predicted octanol–water partition coefficient (Wildman–Crippen LogP) is 2.75. The Hall–Kier alpha value is -3.07. The Balaban J connectivity index is 1.93. The number of halogens is 1. The van der Waals surface area contributed by atoms with Gasteiger partial charge in [0, 0.05) is 0 Å². The van der Waals surface area contributed by atoms with E-state index in [-0.39, 0.29) is 6.54 Å². The van der Waals surface area contributed by atoms with Crippen molar-refractivity contribution < 1.29 is 23.8 Å². The van der Waals surface area contributed by atoms with E-state index in [2.05, 4.69) is 31.8 Å². The molecule has 0 atom stereocenters. The molecule has 154 valence electrons. The van der Waals surface area contributed by atoms with E-state index in [9.17, 15) is 9.59 Å². The van der Waals surface area contributed by atoms with Crippen molar-refractivity contribution in [2.45, 2.75) is 6.92 Å². The van der Waals surface area contributed by atoms with E-state index < -0.39 is 11.8 Å². The Morgan fingerprint density at radius 1 is 1.14 bits per heavy atom. The summed E-state index contributed by atoms with van der Waals surface area (Å²) in [5.74, 6) is 0.676. The van der Waals surface area contributed by atoms with Crippen LogP contribution in [0.3, 0.4) is 0 Å². The number of amides is 2. The van der Waals surface area contributed by atoms with Crippen molar-refractivity contribution in [2.24, 2.45) is 5.10 Å². The molecule has 2 amide bonds. The highest BCUT2D eigenvalue weighted by atomic mass is 79.9. The number of ether oxygens (including phenoxy) is 3. The quantitative estimate of drug-likeness (QED) is 0.440. The molecule has 0 aliphatic heterocycles. The average Bonchev–Trinajstić information content (AvgIpc) is 2.73. The van der Waals surface area contributed by atoms with Gasteiger partial charge in [-0.3, -0.25) is 9.59 Å². The van der Waals surface area contributed by atoms with Crippen LogP contribution in [-0.2, 0) is 4.79 Å². The van der Waals surface area contributed by atoms with Gasteiger partial charge in [0.15, 0.2) is 11.5 Å². The van der Waals surface area contributed by atoms with Gasteiger partial charge in [-0.05, 0) is 52.7 Å². The van der Waals surface area contributed by atoms with Gasteiger partial charge < -0.3 is 19.5 Å². The van der Waals surface area contributed by atoms with Gasteiger partial charge in [-0.1, -0.05) is 12.1 Å². The van der Waals surface area contributed by atoms with Crippen LogP contribution in [0.5, 0.6) is 17.2 Å². The first-order chi connectivity index (χ1) is 14.0. The smallest absolute Gasteiger partial charge is 0.259 e. The lowest BCUT2D eigenvalue weighted by Crippen LogP contribution is -2.35. The van der Waals surface area contributed by atoms with Gasteiger partial charge in [-0.2, -0.15) is 5.10 Å². The molecule has 0 bridgehead atoms. The summed E-state index contributed by atoms with van der Waals surface area (Å²) < 4.78 is 16.7. The van der Waals surface area contributed by atoms with Crippen molar-refractivity contribution in [3.05, 3.63) is 52.0 Å². The van der Waals surface area contributed by atoms with Crippen LogP contribution in [-0.4, -0.2) is 45.4 Å². The molecular weight excluding hydrogens is 442 g/mol. The van der Waals surface area contributed by atoms with Gasteiger partial charge in [0.1, 0.15) is 5.75 Å². The Bertz CT molecular complexity index is 902. The molecule has 0 unspecified atom stereocenters. The molecule has 2 rings (SSSR count). The molecule has 0 aliphatic rings. The summed E-state index contributed by atoms with van der Waals surface area (Å²) in [5, 5.41) is 6.42. The van der Waals surface area contributed by atoms with Crippen LogP contribution in [0.15, 0.2) is 46.0 Å². The highest BCUT2D eigenvalue weighted by Gasteiger charge is 2.13. The minimum absolute atomic E-state index is 0.232. The van der Waals surface area contributed by atoms with Gasteiger partial charge in [0.05, 0.1) is 43.6 Å². The Morgan fingerprint density at radius 2 is 1.86 bits per heavy atom. The summed E-state index contributed by atoms with van der Waals surface area (Å²) in [5.41, 5.74) is 3.40. The maximum Gasteiger partial charge on any atom is 0.259 e. The van der Waals surface area contributed by atoms with Crippen LogP contribution in [0, 0.1) is 0 Å². The molecule has 29 heavy (non-hydrogen) atoms. The van der Waals surface area contributed by atoms with E-state index in [1.54, 1.807) is 36.4 Å². The van der Waals surface area contributed by atoms with Gasteiger partial charge in [-0.15, -0.1) is 0 Å². The number of para-hydroxylation sites is 1. The third kappa shape index (κ3) is 6.21. The van der Waals surface area contributed by atoms with Crippen molar-refractivity contribution in [3.8, 4) is 17.2 Å². The van der Waals surface area contributed by atoms with E-state index >= 15 is 0 Å². The Kier molecular flexibility index (Phi) is 8.47. The number of hydrogen-bond donors (Lipinski definition) is 2. The zero-order valence-electron chi connectivity index (χ0n) is 16.3. The van der Waals surface area contributed by atoms with E-state index in [1.807, 2.05) is 6.92 Å². The summed E-state index contributed by atoms with van der Waals surface area (Å²) in [6.07, 6.45) is 1.46. The maximum absolute atomic E-state index is 12.2. The van der Waals surface area contributed by atoms with Crippen LogP contribution in [0.1, 0.15) is 22.8 Å². The normalized spacial score (nSPS) is 10.5. The average molecular weight is 464 g/mol. The van der Waals surface area contributed by atoms with Crippen LogP contribution in [0.4, 0.5) is 0 Å². The molecule has 0 heterocycles. The highest BCUT2D eigenvalue weighted by Crippen LogP contribution is 2.36. The third-order valence-corrected chi connectivity index (χ3v) is 4.29. The SMILES string of the molecule is CCOc1c(Br)cc(C=NNC(=O)CNC(=O)c2ccccc2OC)cc1OC. The topological polar surface area (TPSA) is 98.2 Å². The lowest BCUT2D eigenvalue weighted by atomic mass is 10.2. The fourth-order valence-corrected chi connectivity index (χ4v) is 2.98. The van der Waals surface area contributed by atoms with Gasteiger partial charge in [0.2, 0.25) is 0 Å². The van der Waals surface area contributed by atoms with Gasteiger partial charge in [-0.25, -0.2) is 5.43 Å². The fourth-order valence-electron chi connectivity index (χ4n) is 2.41. The molecule has 2 aromatic rings. The monoisotopic (exact) mass is 463 g/mol. The summed E-state index contributed by atoms with van der Waals surface area (Å²) in [6.45, 7) is 2.15. The molecular formula is C20H22BrN3O5.